The molecule has 0 saturated heterocycles. The normalized spacial score (nSPS) is 12.4. The zero-order valence-electron chi connectivity index (χ0n) is 10.2. The molecule has 0 bridgehead atoms. The molecular formula is C15H15Cl2N. The molecule has 0 aliphatic rings. The molecule has 0 spiro atoms. The standard InChI is InChI=1S/C15H15Cl2N/c1-10-12(6-4-8-13(10)16)15(18)9-11-5-2-3-7-14(11)17/h2-8,15H,9,18H2,1H3. The van der Waals surface area contributed by atoms with Crippen molar-refractivity contribution in [3.05, 3.63) is 69.2 Å². The molecule has 0 aromatic heterocycles. The van der Waals surface area contributed by atoms with Crippen LogP contribution in [0, 0.1) is 6.92 Å². The Morgan fingerprint density at radius 3 is 2.39 bits per heavy atom. The van der Waals surface area contributed by atoms with Crippen LogP contribution in [-0.2, 0) is 6.42 Å². The molecule has 18 heavy (non-hydrogen) atoms. The number of halogens is 2. The number of hydrogen-bond acceptors (Lipinski definition) is 1. The van der Waals surface area contributed by atoms with Crippen LogP contribution in [0.25, 0.3) is 0 Å². The van der Waals surface area contributed by atoms with Crippen LogP contribution in [0.2, 0.25) is 10.0 Å². The van der Waals surface area contributed by atoms with Gasteiger partial charge in [-0.2, -0.15) is 0 Å². The second kappa shape index (κ2) is 5.75. The van der Waals surface area contributed by atoms with Crippen molar-refractivity contribution in [2.75, 3.05) is 0 Å². The molecule has 2 aromatic carbocycles. The Labute approximate surface area is 118 Å². The van der Waals surface area contributed by atoms with Crippen molar-refractivity contribution >= 4 is 23.2 Å². The Balaban J connectivity index is 2.25. The van der Waals surface area contributed by atoms with Gasteiger partial charge >= 0.3 is 0 Å². The number of hydrogen-bond donors (Lipinski definition) is 1. The molecule has 1 atom stereocenters. The zero-order chi connectivity index (χ0) is 13.1. The molecule has 1 nitrogen and oxygen atoms in total. The smallest absolute Gasteiger partial charge is 0.0438 e. The van der Waals surface area contributed by atoms with E-state index in [9.17, 15) is 0 Å². The van der Waals surface area contributed by atoms with Crippen LogP contribution in [0.1, 0.15) is 22.7 Å². The molecule has 2 N–H and O–H groups in total. The fraction of sp³-hybridized carbons (Fsp3) is 0.200. The van der Waals surface area contributed by atoms with Gasteiger partial charge in [0.05, 0.1) is 0 Å². The summed E-state index contributed by atoms with van der Waals surface area (Å²) in [6, 6.07) is 13.5. The summed E-state index contributed by atoms with van der Waals surface area (Å²) in [6.45, 7) is 1.99. The maximum absolute atomic E-state index is 6.25. The van der Waals surface area contributed by atoms with Gasteiger partial charge in [-0.3, -0.25) is 0 Å². The molecule has 3 heteroatoms. The van der Waals surface area contributed by atoms with Crippen molar-refractivity contribution in [1.29, 1.82) is 0 Å². The van der Waals surface area contributed by atoms with E-state index < -0.39 is 0 Å². The molecule has 0 fully saturated rings. The predicted molar refractivity (Wildman–Crippen MR) is 78.3 cm³/mol. The molecule has 0 heterocycles. The number of benzene rings is 2. The van der Waals surface area contributed by atoms with E-state index >= 15 is 0 Å². The minimum absolute atomic E-state index is 0.0939. The SMILES string of the molecule is Cc1c(Cl)cccc1C(N)Cc1ccccc1Cl. The predicted octanol–water partition coefficient (Wildman–Crippen LogP) is 4.54. The Bertz CT molecular complexity index is 552. The van der Waals surface area contributed by atoms with E-state index in [0.29, 0.717) is 6.42 Å². The molecule has 0 saturated carbocycles. The monoisotopic (exact) mass is 279 g/mol. The maximum atomic E-state index is 6.25. The van der Waals surface area contributed by atoms with E-state index in [4.69, 9.17) is 28.9 Å². The second-order valence-corrected chi connectivity index (χ2v) is 5.17. The van der Waals surface area contributed by atoms with Gasteiger partial charge in [0.25, 0.3) is 0 Å². The topological polar surface area (TPSA) is 26.0 Å². The number of rotatable bonds is 3. The van der Waals surface area contributed by atoms with Gasteiger partial charge in [-0.05, 0) is 42.2 Å². The van der Waals surface area contributed by atoms with Crippen molar-refractivity contribution in [2.45, 2.75) is 19.4 Å². The first-order valence-corrected chi connectivity index (χ1v) is 6.59. The fourth-order valence-electron chi connectivity index (χ4n) is 2.04. The highest BCUT2D eigenvalue weighted by molar-refractivity contribution is 6.31. The van der Waals surface area contributed by atoms with E-state index in [2.05, 4.69) is 0 Å². The molecule has 0 aliphatic heterocycles. The Morgan fingerprint density at radius 2 is 1.67 bits per heavy atom. The Morgan fingerprint density at radius 1 is 1.00 bits per heavy atom. The van der Waals surface area contributed by atoms with Crippen LogP contribution in [0.15, 0.2) is 42.5 Å². The first kappa shape index (κ1) is 13.4. The largest absolute Gasteiger partial charge is 0.324 e. The van der Waals surface area contributed by atoms with Gasteiger partial charge in [0.2, 0.25) is 0 Å². The van der Waals surface area contributed by atoms with E-state index in [1.54, 1.807) is 0 Å². The van der Waals surface area contributed by atoms with E-state index in [0.717, 1.165) is 26.7 Å². The van der Waals surface area contributed by atoms with Gasteiger partial charge in [-0.25, -0.2) is 0 Å². The third kappa shape index (κ3) is 2.86. The summed E-state index contributed by atoms with van der Waals surface area (Å²) in [5, 5.41) is 1.51. The zero-order valence-corrected chi connectivity index (χ0v) is 11.7. The average molecular weight is 280 g/mol. The second-order valence-electron chi connectivity index (χ2n) is 4.36. The molecule has 0 amide bonds. The molecule has 94 valence electrons. The van der Waals surface area contributed by atoms with Gasteiger partial charge in [0, 0.05) is 16.1 Å². The van der Waals surface area contributed by atoms with E-state index in [-0.39, 0.29) is 6.04 Å². The van der Waals surface area contributed by atoms with Gasteiger partial charge in [0.15, 0.2) is 0 Å². The van der Waals surface area contributed by atoms with Crippen LogP contribution < -0.4 is 5.73 Å². The Kier molecular flexibility index (Phi) is 4.28. The lowest BCUT2D eigenvalue weighted by Crippen LogP contribution is -2.15. The fourth-order valence-corrected chi connectivity index (χ4v) is 2.43. The first-order chi connectivity index (χ1) is 8.59. The van der Waals surface area contributed by atoms with Gasteiger partial charge in [-0.1, -0.05) is 53.5 Å². The molecule has 0 radical (unpaired) electrons. The third-order valence-corrected chi connectivity index (χ3v) is 3.88. The van der Waals surface area contributed by atoms with Crippen molar-refractivity contribution in [3.63, 3.8) is 0 Å². The summed E-state index contributed by atoms with van der Waals surface area (Å²) in [5.41, 5.74) is 9.42. The lowest BCUT2D eigenvalue weighted by atomic mass is 9.96. The van der Waals surface area contributed by atoms with Crippen molar-refractivity contribution in [3.8, 4) is 0 Å². The summed E-state index contributed by atoms with van der Waals surface area (Å²) < 4.78 is 0. The minimum atomic E-state index is -0.0939. The van der Waals surface area contributed by atoms with Crippen LogP contribution in [0.5, 0.6) is 0 Å². The highest BCUT2D eigenvalue weighted by atomic mass is 35.5. The van der Waals surface area contributed by atoms with Crippen molar-refractivity contribution < 1.29 is 0 Å². The lowest BCUT2D eigenvalue weighted by molar-refractivity contribution is 0.717. The van der Waals surface area contributed by atoms with Gasteiger partial charge < -0.3 is 5.73 Å². The van der Waals surface area contributed by atoms with Gasteiger partial charge in [-0.15, -0.1) is 0 Å². The summed E-state index contributed by atoms with van der Waals surface area (Å²) in [4.78, 5) is 0. The van der Waals surface area contributed by atoms with Crippen LogP contribution in [0.4, 0.5) is 0 Å². The highest BCUT2D eigenvalue weighted by Crippen LogP contribution is 2.27. The molecule has 2 aromatic rings. The third-order valence-electron chi connectivity index (χ3n) is 3.11. The summed E-state index contributed by atoms with van der Waals surface area (Å²) in [7, 11) is 0. The molecule has 2 rings (SSSR count). The Hall–Kier alpha value is -1.02. The lowest BCUT2D eigenvalue weighted by Gasteiger charge is -2.16. The summed E-state index contributed by atoms with van der Waals surface area (Å²) in [6.07, 6.45) is 0.709. The van der Waals surface area contributed by atoms with Crippen LogP contribution >= 0.6 is 23.2 Å². The minimum Gasteiger partial charge on any atom is -0.324 e. The van der Waals surface area contributed by atoms with Gasteiger partial charge in [0.1, 0.15) is 0 Å². The molecule has 1 unspecified atom stereocenters. The summed E-state index contributed by atoms with van der Waals surface area (Å²) >= 11 is 12.3. The van der Waals surface area contributed by atoms with Crippen molar-refractivity contribution in [1.82, 2.24) is 0 Å². The van der Waals surface area contributed by atoms with E-state index in [1.807, 2.05) is 49.4 Å². The highest BCUT2D eigenvalue weighted by Gasteiger charge is 2.12. The number of nitrogens with two attached hydrogens (primary N) is 1. The van der Waals surface area contributed by atoms with E-state index in [1.165, 1.54) is 0 Å². The van der Waals surface area contributed by atoms with Crippen molar-refractivity contribution in [2.24, 2.45) is 5.73 Å². The van der Waals surface area contributed by atoms with Crippen LogP contribution in [-0.4, -0.2) is 0 Å². The van der Waals surface area contributed by atoms with Crippen LogP contribution in [0.3, 0.4) is 0 Å². The maximum Gasteiger partial charge on any atom is 0.0438 e. The summed E-state index contributed by atoms with van der Waals surface area (Å²) in [5.74, 6) is 0. The first-order valence-electron chi connectivity index (χ1n) is 5.83. The molecular weight excluding hydrogens is 265 g/mol. The molecule has 0 aliphatic carbocycles. The average Bonchev–Trinajstić information content (AvgIpc) is 2.35. The quantitative estimate of drug-likeness (QED) is 0.877.